The number of ether oxygens (including phenoxy) is 3. The first-order valence-corrected chi connectivity index (χ1v) is 11.3. The van der Waals surface area contributed by atoms with E-state index in [1.165, 1.54) is 24.0 Å². The van der Waals surface area contributed by atoms with Gasteiger partial charge in [-0.05, 0) is 63.4 Å². The topological polar surface area (TPSA) is 39.7 Å². The minimum absolute atomic E-state index is 0.143. The first kappa shape index (κ1) is 22.6. The Morgan fingerprint density at radius 3 is 2.57 bits per heavy atom. The zero-order chi connectivity index (χ0) is 21.6. The third-order valence-corrected chi connectivity index (χ3v) is 5.79. The molecule has 0 aliphatic carbocycles. The van der Waals surface area contributed by atoms with Crippen molar-refractivity contribution in [1.29, 1.82) is 0 Å². The Balaban J connectivity index is 1.80. The molecule has 0 aromatic heterocycles. The molecule has 1 N–H and O–H groups in total. The number of hydrogen-bond donors (Lipinski definition) is 1. The van der Waals surface area contributed by atoms with Crippen LogP contribution in [0.15, 0.2) is 42.5 Å². The lowest BCUT2D eigenvalue weighted by molar-refractivity contribution is -0.161. The van der Waals surface area contributed by atoms with Crippen molar-refractivity contribution in [3.63, 3.8) is 0 Å². The van der Waals surface area contributed by atoms with Gasteiger partial charge in [-0.1, -0.05) is 44.0 Å². The highest BCUT2D eigenvalue weighted by atomic mass is 16.6. The third-order valence-electron chi connectivity index (χ3n) is 5.79. The fourth-order valence-electron chi connectivity index (χ4n) is 4.06. The van der Waals surface area contributed by atoms with Crippen molar-refractivity contribution < 1.29 is 14.2 Å². The van der Waals surface area contributed by atoms with Crippen LogP contribution in [-0.4, -0.2) is 24.9 Å². The largest absolute Gasteiger partial charge is 0.485 e. The molecule has 4 nitrogen and oxygen atoms in total. The molecule has 1 aliphatic rings. The Morgan fingerprint density at radius 2 is 1.83 bits per heavy atom. The van der Waals surface area contributed by atoms with Gasteiger partial charge in [-0.3, -0.25) is 0 Å². The van der Waals surface area contributed by atoms with Crippen molar-refractivity contribution in [2.24, 2.45) is 0 Å². The summed E-state index contributed by atoms with van der Waals surface area (Å²) < 4.78 is 18.9. The molecular weight excluding hydrogens is 374 g/mol. The molecule has 1 aliphatic heterocycles. The van der Waals surface area contributed by atoms with Gasteiger partial charge in [0.25, 0.3) is 0 Å². The van der Waals surface area contributed by atoms with Crippen molar-refractivity contribution >= 4 is 5.69 Å². The van der Waals surface area contributed by atoms with Gasteiger partial charge in [0.2, 0.25) is 0 Å². The lowest BCUT2D eigenvalue weighted by atomic mass is 9.87. The number of unbranched alkanes of at least 4 members (excludes halogenated alkanes) is 2. The Bertz CT molecular complexity index is 818. The molecule has 0 radical (unpaired) electrons. The van der Waals surface area contributed by atoms with E-state index in [2.05, 4.69) is 75.5 Å². The van der Waals surface area contributed by atoms with E-state index in [-0.39, 0.29) is 12.2 Å². The number of benzene rings is 2. The maximum Gasteiger partial charge on any atom is 0.132 e. The smallest absolute Gasteiger partial charge is 0.132 e. The van der Waals surface area contributed by atoms with E-state index in [1.807, 2.05) is 6.92 Å². The number of nitrogens with one attached hydrogen (secondary N) is 1. The van der Waals surface area contributed by atoms with Gasteiger partial charge < -0.3 is 19.5 Å². The normalized spacial score (nSPS) is 19.8. The average Bonchev–Trinajstić information content (AvgIpc) is 2.72. The molecular formula is C26H37NO3. The second kappa shape index (κ2) is 10.3. The maximum atomic E-state index is 6.37. The van der Waals surface area contributed by atoms with E-state index >= 15 is 0 Å². The van der Waals surface area contributed by atoms with Crippen LogP contribution in [0.25, 0.3) is 0 Å². The highest BCUT2D eigenvalue weighted by molar-refractivity contribution is 5.54. The summed E-state index contributed by atoms with van der Waals surface area (Å²) >= 11 is 0. The fraction of sp³-hybridized carbons (Fsp3) is 0.538. The molecule has 0 fully saturated rings. The van der Waals surface area contributed by atoms with Gasteiger partial charge in [-0.15, -0.1) is 0 Å². The highest BCUT2D eigenvalue weighted by Crippen LogP contribution is 2.44. The predicted octanol–water partition coefficient (Wildman–Crippen LogP) is 6.43. The van der Waals surface area contributed by atoms with Crippen LogP contribution in [0.2, 0.25) is 0 Å². The highest BCUT2D eigenvalue weighted by Gasteiger charge is 2.45. The van der Waals surface area contributed by atoms with Crippen LogP contribution in [0.3, 0.4) is 0 Å². The van der Waals surface area contributed by atoms with Gasteiger partial charge in [0.1, 0.15) is 23.6 Å². The van der Waals surface area contributed by atoms with Crippen LogP contribution in [0.4, 0.5) is 5.69 Å². The second-order valence-corrected chi connectivity index (χ2v) is 8.61. The summed E-state index contributed by atoms with van der Waals surface area (Å²) in [6, 6.07) is 14.8. The molecule has 0 bridgehead atoms. The number of anilines is 1. The van der Waals surface area contributed by atoms with Crippen LogP contribution in [0.1, 0.15) is 69.8 Å². The predicted molar refractivity (Wildman–Crippen MR) is 123 cm³/mol. The molecule has 1 heterocycles. The van der Waals surface area contributed by atoms with Gasteiger partial charge in [0.15, 0.2) is 0 Å². The van der Waals surface area contributed by atoms with Crippen molar-refractivity contribution in [3.05, 3.63) is 59.2 Å². The van der Waals surface area contributed by atoms with Crippen molar-refractivity contribution in [3.8, 4) is 5.75 Å². The van der Waals surface area contributed by atoms with Crippen LogP contribution in [-0.2, 0) is 16.0 Å². The summed E-state index contributed by atoms with van der Waals surface area (Å²) in [5, 5.41) is 3.56. The summed E-state index contributed by atoms with van der Waals surface area (Å²) in [6.45, 7) is 12.7. The van der Waals surface area contributed by atoms with Gasteiger partial charge in [-0.25, -0.2) is 0 Å². The summed E-state index contributed by atoms with van der Waals surface area (Å²) in [5.41, 5.74) is 4.27. The first-order chi connectivity index (χ1) is 14.5. The van der Waals surface area contributed by atoms with Crippen molar-refractivity contribution in [1.82, 2.24) is 0 Å². The molecule has 0 saturated carbocycles. The standard InChI is InChI=1S/C26H37NO3/c1-6-8-11-16-29-25-24(28-7-2)22-17-21(14-15-23(22)30-26(25,4)5)27-18-20-13-10-9-12-19(20)3/h9-10,12-15,17,24-25,27H,6-8,11,16,18H2,1-5H3. The van der Waals surface area contributed by atoms with E-state index in [4.69, 9.17) is 14.2 Å². The van der Waals surface area contributed by atoms with Gasteiger partial charge in [0.05, 0.1) is 0 Å². The summed E-state index contributed by atoms with van der Waals surface area (Å²) in [6.07, 6.45) is 3.13. The molecule has 30 heavy (non-hydrogen) atoms. The first-order valence-electron chi connectivity index (χ1n) is 11.3. The van der Waals surface area contributed by atoms with E-state index in [0.717, 1.165) is 36.6 Å². The SMILES string of the molecule is CCCCCOC1C(OCC)c2cc(NCc3ccccc3C)ccc2OC1(C)C. The number of aryl methyl sites for hydroxylation is 1. The molecule has 4 heteroatoms. The Labute approximate surface area is 181 Å². The van der Waals surface area contributed by atoms with Crippen LogP contribution in [0.5, 0.6) is 5.75 Å². The lowest BCUT2D eigenvalue weighted by Gasteiger charge is -2.44. The fourth-order valence-corrected chi connectivity index (χ4v) is 4.06. The molecule has 164 valence electrons. The zero-order valence-electron chi connectivity index (χ0n) is 19.2. The average molecular weight is 412 g/mol. The zero-order valence-corrected chi connectivity index (χ0v) is 19.2. The van der Waals surface area contributed by atoms with Gasteiger partial charge in [-0.2, -0.15) is 0 Å². The minimum atomic E-state index is -0.449. The summed E-state index contributed by atoms with van der Waals surface area (Å²) in [7, 11) is 0. The van der Waals surface area contributed by atoms with E-state index < -0.39 is 5.60 Å². The van der Waals surface area contributed by atoms with Crippen molar-refractivity contribution in [2.75, 3.05) is 18.5 Å². The van der Waals surface area contributed by atoms with E-state index in [0.29, 0.717) is 6.61 Å². The van der Waals surface area contributed by atoms with Crippen LogP contribution >= 0.6 is 0 Å². The Kier molecular flexibility index (Phi) is 7.79. The van der Waals surface area contributed by atoms with Crippen LogP contribution in [0, 0.1) is 6.92 Å². The Morgan fingerprint density at radius 1 is 1.03 bits per heavy atom. The minimum Gasteiger partial charge on any atom is -0.485 e. The van der Waals surface area contributed by atoms with Gasteiger partial charge in [0, 0.05) is 31.0 Å². The molecule has 2 aromatic carbocycles. The second-order valence-electron chi connectivity index (χ2n) is 8.61. The van der Waals surface area contributed by atoms with Crippen LogP contribution < -0.4 is 10.1 Å². The third kappa shape index (κ3) is 5.35. The maximum absolute atomic E-state index is 6.37. The lowest BCUT2D eigenvalue weighted by Crippen LogP contribution is -2.51. The molecule has 2 atom stereocenters. The summed E-state index contributed by atoms with van der Waals surface area (Å²) in [5.74, 6) is 0.883. The number of hydrogen-bond acceptors (Lipinski definition) is 4. The molecule has 0 amide bonds. The van der Waals surface area contributed by atoms with E-state index in [9.17, 15) is 0 Å². The molecule has 0 spiro atoms. The number of rotatable bonds is 10. The quantitative estimate of drug-likeness (QED) is 0.457. The van der Waals surface area contributed by atoms with E-state index in [1.54, 1.807) is 0 Å². The van der Waals surface area contributed by atoms with Gasteiger partial charge >= 0.3 is 0 Å². The monoisotopic (exact) mass is 411 g/mol. The summed E-state index contributed by atoms with van der Waals surface area (Å²) in [4.78, 5) is 0. The van der Waals surface area contributed by atoms with Crippen molar-refractivity contribution in [2.45, 2.75) is 78.2 Å². The molecule has 3 rings (SSSR count). The molecule has 2 aromatic rings. The molecule has 2 unspecified atom stereocenters. The number of fused-ring (bicyclic) bond motifs is 1. The molecule has 0 saturated heterocycles. The Hall–Kier alpha value is -2.04.